The Kier molecular flexibility index (Phi) is 6.32. The SMILES string of the molecule is CN(c1ccccc1)S(=O)(=O)c1cccc(C(=O)NC(C#N)c2ccc(F)cc2F)c1. The summed E-state index contributed by atoms with van der Waals surface area (Å²) in [5.41, 5.74) is 0.198. The van der Waals surface area contributed by atoms with Gasteiger partial charge in [0.2, 0.25) is 0 Å². The van der Waals surface area contributed by atoms with Gasteiger partial charge in [-0.25, -0.2) is 17.2 Å². The summed E-state index contributed by atoms with van der Waals surface area (Å²) in [7, 11) is -2.57. The molecule has 0 aliphatic rings. The van der Waals surface area contributed by atoms with Crippen LogP contribution in [0.3, 0.4) is 0 Å². The van der Waals surface area contributed by atoms with Crippen LogP contribution >= 0.6 is 0 Å². The molecule has 0 radical (unpaired) electrons. The van der Waals surface area contributed by atoms with Gasteiger partial charge in [-0.15, -0.1) is 0 Å². The maximum Gasteiger partial charge on any atom is 0.264 e. The summed E-state index contributed by atoms with van der Waals surface area (Å²) in [6.07, 6.45) is 0. The van der Waals surface area contributed by atoms with Gasteiger partial charge >= 0.3 is 0 Å². The van der Waals surface area contributed by atoms with E-state index in [2.05, 4.69) is 5.32 Å². The van der Waals surface area contributed by atoms with Gasteiger partial charge in [0, 0.05) is 24.2 Å². The average Bonchev–Trinajstić information content (AvgIpc) is 2.78. The first-order valence-electron chi connectivity index (χ1n) is 9.03. The van der Waals surface area contributed by atoms with Gasteiger partial charge in [-0.1, -0.05) is 30.3 Å². The van der Waals surface area contributed by atoms with Crippen molar-refractivity contribution in [2.45, 2.75) is 10.9 Å². The number of carbonyl (C=O) groups is 1. The monoisotopic (exact) mass is 441 g/mol. The number of nitrogens with one attached hydrogen (secondary N) is 1. The predicted octanol–water partition coefficient (Wildman–Crippen LogP) is 3.78. The van der Waals surface area contributed by atoms with Gasteiger partial charge < -0.3 is 5.32 Å². The third-order valence-corrected chi connectivity index (χ3v) is 6.33. The molecule has 1 unspecified atom stereocenters. The van der Waals surface area contributed by atoms with E-state index in [-0.39, 0.29) is 16.0 Å². The molecule has 3 aromatic rings. The Labute approximate surface area is 178 Å². The van der Waals surface area contributed by atoms with Gasteiger partial charge in [-0.2, -0.15) is 5.26 Å². The topological polar surface area (TPSA) is 90.3 Å². The molecule has 0 heterocycles. The van der Waals surface area contributed by atoms with Crippen LogP contribution in [0.1, 0.15) is 22.0 Å². The number of amides is 1. The van der Waals surface area contributed by atoms with E-state index in [9.17, 15) is 27.3 Å². The Morgan fingerprint density at radius 2 is 1.74 bits per heavy atom. The minimum atomic E-state index is -3.96. The van der Waals surface area contributed by atoms with Crippen LogP contribution in [0.2, 0.25) is 0 Å². The number of hydrogen-bond donors (Lipinski definition) is 1. The molecule has 0 fully saturated rings. The first-order valence-corrected chi connectivity index (χ1v) is 10.5. The number of anilines is 1. The Morgan fingerprint density at radius 1 is 1.03 bits per heavy atom. The molecule has 158 valence electrons. The zero-order valence-electron chi connectivity index (χ0n) is 16.3. The first-order chi connectivity index (χ1) is 14.7. The van der Waals surface area contributed by atoms with Crippen LogP contribution in [0.5, 0.6) is 0 Å². The number of nitrogens with zero attached hydrogens (tertiary/aromatic N) is 2. The van der Waals surface area contributed by atoms with E-state index in [4.69, 9.17) is 0 Å². The van der Waals surface area contributed by atoms with Gasteiger partial charge in [0.1, 0.15) is 17.7 Å². The summed E-state index contributed by atoms with van der Waals surface area (Å²) >= 11 is 0. The Hall–Kier alpha value is -3.77. The van der Waals surface area contributed by atoms with Crippen molar-refractivity contribution >= 4 is 21.6 Å². The molecule has 1 amide bonds. The van der Waals surface area contributed by atoms with Crippen molar-refractivity contribution in [3.8, 4) is 6.07 Å². The van der Waals surface area contributed by atoms with Crippen molar-refractivity contribution in [1.82, 2.24) is 5.32 Å². The van der Waals surface area contributed by atoms with Crippen molar-refractivity contribution in [3.05, 3.63) is 95.6 Å². The molecule has 6 nitrogen and oxygen atoms in total. The first kappa shape index (κ1) is 21.9. The molecule has 0 saturated carbocycles. The second-order valence-electron chi connectivity index (χ2n) is 6.54. The predicted molar refractivity (Wildman–Crippen MR) is 111 cm³/mol. The highest BCUT2D eigenvalue weighted by Gasteiger charge is 2.24. The minimum Gasteiger partial charge on any atom is -0.332 e. The second-order valence-corrected chi connectivity index (χ2v) is 8.51. The number of sulfonamides is 1. The third-order valence-electron chi connectivity index (χ3n) is 4.55. The molecular formula is C22H17F2N3O3S. The molecular weight excluding hydrogens is 424 g/mol. The Balaban J connectivity index is 1.87. The number of nitriles is 1. The van der Waals surface area contributed by atoms with Crippen LogP contribution in [0.4, 0.5) is 14.5 Å². The second kappa shape index (κ2) is 8.93. The summed E-state index contributed by atoms with van der Waals surface area (Å²) in [5.74, 6) is -2.58. The Morgan fingerprint density at radius 3 is 2.39 bits per heavy atom. The zero-order valence-corrected chi connectivity index (χ0v) is 17.1. The van der Waals surface area contributed by atoms with E-state index in [0.29, 0.717) is 11.8 Å². The quantitative estimate of drug-likeness (QED) is 0.630. The molecule has 31 heavy (non-hydrogen) atoms. The molecule has 0 saturated heterocycles. The molecule has 0 aliphatic heterocycles. The van der Waals surface area contributed by atoms with Crippen LogP contribution in [0.25, 0.3) is 0 Å². The van der Waals surface area contributed by atoms with E-state index in [1.807, 2.05) is 0 Å². The van der Waals surface area contributed by atoms with Crippen LogP contribution in [0.15, 0.2) is 77.7 Å². The van der Waals surface area contributed by atoms with Crippen molar-refractivity contribution in [2.24, 2.45) is 0 Å². The zero-order chi connectivity index (χ0) is 22.6. The van der Waals surface area contributed by atoms with Crippen molar-refractivity contribution in [3.63, 3.8) is 0 Å². The fourth-order valence-electron chi connectivity index (χ4n) is 2.86. The summed E-state index contributed by atoms with van der Waals surface area (Å²) in [4.78, 5) is 12.5. The minimum absolute atomic E-state index is 0.0368. The highest BCUT2D eigenvalue weighted by Crippen LogP contribution is 2.23. The normalized spacial score (nSPS) is 11.9. The largest absolute Gasteiger partial charge is 0.332 e. The van der Waals surface area contributed by atoms with Crippen LogP contribution in [-0.2, 0) is 10.0 Å². The molecule has 1 atom stereocenters. The highest BCUT2D eigenvalue weighted by atomic mass is 32.2. The molecule has 0 spiro atoms. The maximum atomic E-state index is 14.0. The number of para-hydroxylation sites is 1. The number of halogens is 2. The third kappa shape index (κ3) is 4.70. The van der Waals surface area contributed by atoms with E-state index in [0.717, 1.165) is 16.4 Å². The highest BCUT2D eigenvalue weighted by molar-refractivity contribution is 7.92. The number of rotatable bonds is 6. The van der Waals surface area contributed by atoms with Crippen LogP contribution in [-0.4, -0.2) is 21.4 Å². The summed E-state index contributed by atoms with van der Waals surface area (Å²) in [6.45, 7) is 0. The van der Waals surface area contributed by atoms with Gasteiger partial charge in [0.25, 0.3) is 15.9 Å². The molecule has 1 N–H and O–H groups in total. The molecule has 0 bridgehead atoms. The van der Waals surface area contributed by atoms with Gasteiger partial charge in [-0.05, 0) is 36.4 Å². The van der Waals surface area contributed by atoms with E-state index in [1.165, 1.54) is 31.3 Å². The standard InChI is InChI=1S/C22H17F2N3O3S/c1-27(17-7-3-2-4-8-17)31(29,30)18-9-5-6-15(12-18)22(28)26-21(14-25)19-11-10-16(23)13-20(19)24/h2-13,21H,1H3,(H,26,28). The fourth-order valence-corrected chi connectivity index (χ4v) is 4.10. The Bertz CT molecular complexity index is 1260. The van der Waals surface area contributed by atoms with Gasteiger partial charge in [0.05, 0.1) is 16.7 Å². The summed E-state index contributed by atoms with van der Waals surface area (Å²) in [6, 6.07) is 16.7. The van der Waals surface area contributed by atoms with Crippen molar-refractivity contribution in [1.29, 1.82) is 5.26 Å². The van der Waals surface area contributed by atoms with E-state index < -0.39 is 33.6 Å². The molecule has 0 aromatic heterocycles. The van der Waals surface area contributed by atoms with Gasteiger partial charge in [-0.3, -0.25) is 9.10 Å². The fraction of sp³-hybridized carbons (Fsp3) is 0.0909. The van der Waals surface area contributed by atoms with Crippen molar-refractivity contribution < 1.29 is 22.0 Å². The molecule has 0 aliphatic carbocycles. The molecule has 3 rings (SSSR count). The number of carbonyl (C=O) groups excluding carboxylic acids is 1. The van der Waals surface area contributed by atoms with Crippen molar-refractivity contribution in [2.75, 3.05) is 11.4 Å². The number of hydrogen-bond acceptors (Lipinski definition) is 4. The van der Waals surface area contributed by atoms with Crippen LogP contribution < -0.4 is 9.62 Å². The summed E-state index contributed by atoms with van der Waals surface area (Å²) in [5, 5.41) is 11.7. The van der Waals surface area contributed by atoms with E-state index >= 15 is 0 Å². The lowest BCUT2D eigenvalue weighted by molar-refractivity contribution is 0.0944. The summed E-state index contributed by atoms with van der Waals surface area (Å²) < 4.78 is 54.1. The lowest BCUT2D eigenvalue weighted by atomic mass is 10.1. The lowest BCUT2D eigenvalue weighted by Gasteiger charge is -2.20. The van der Waals surface area contributed by atoms with Gasteiger partial charge in [0.15, 0.2) is 0 Å². The lowest BCUT2D eigenvalue weighted by Crippen LogP contribution is -2.29. The average molecular weight is 441 g/mol. The smallest absolute Gasteiger partial charge is 0.264 e. The maximum absolute atomic E-state index is 14.0. The van der Waals surface area contributed by atoms with Crippen LogP contribution in [0, 0.1) is 23.0 Å². The molecule has 9 heteroatoms. The molecule has 3 aromatic carbocycles. The van der Waals surface area contributed by atoms with E-state index in [1.54, 1.807) is 36.4 Å². The number of benzene rings is 3.